The number of allylic oxidation sites excluding steroid dienone is 8. The first-order chi connectivity index (χ1) is 22.9. The highest BCUT2D eigenvalue weighted by Gasteiger charge is 2.25. The molecule has 0 spiro atoms. The fourth-order valence-corrected chi connectivity index (χ4v) is 5.28. The maximum atomic E-state index is 12.6. The van der Waals surface area contributed by atoms with Crippen LogP contribution in [0.25, 0.3) is 0 Å². The van der Waals surface area contributed by atoms with Gasteiger partial charge in [0.15, 0.2) is 6.10 Å². The van der Waals surface area contributed by atoms with Gasteiger partial charge in [-0.15, -0.1) is 0 Å². The van der Waals surface area contributed by atoms with E-state index in [0.717, 1.165) is 64.2 Å². The largest absolute Gasteiger partial charge is 0.458 e. The zero-order chi connectivity index (χ0) is 34.6. The van der Waals surface area contributed by atoms with E-state index in [1.807, 2.05) is 19.0 Å². The van der Waals surface area contributed by atoms with Crippen LogP contribution < -0.4 is 0 Å². The molecule has 0 aliphatic rings. The number of likely N-dealkylation sites (N-methyl/N-ethyl adjacent to an activating group) is 1. The van der Waals surface area contributed by atoms with Crippen LogP contribution in [-0.2, 0) is 19.1 Å². The van der Waals surface area contributed by atoms with Gasteiger partial charge in [0.05, 0.1) is 0 Å². The Morgan fingerprint density at radius 1 is 0.532 bits per heavy atom. The van der Waals surface area contributed by atoms with Crippen LogP contribution in [0.2, 0.25) is 0 Å². The molecule has 1 radical (unpaired) electrons. The molecule has 2 atom stereocenters. The Labute approximate surface area is 291 Å². The van der Waals surface area contributed by atoms with Gasteiger partial charge in [-0.25, -0.2) is 0 Å². The van der Waals surface area contributed by atoms with Crippen molar-refractivity contribution in [3.05, 3.63) is 55.5 Å². The van der Waals surface area contributed by atoms with Gasteiger partial charge in [-0.05, 0) is 98.1 Å². The summed E-state index contributed by atoms with van der Waals surface area (Å²) in [5.41, 5.74) is 0. The maximum Gasteiger partial charge on any atom is 0.306 e. The maximum absolute atomic E-state index is 12.6. The molecule has 0 bridgehead atoms. The second-order valence-corrected chi connectivity index (χ2v) is 13.3. The van der Waals surface area contributed by atoms with E-state index in [1.165, 1.54) is 77.0 Å². The molecule has 0 saturated carbocycles. The highest BCUT2D eigenvalue weighted by Crippen LogP contribution is 2.14. The SMILES string of the molecule is [CH2][C@H](OC(=O)CCCCCCC/C=C\C/C=C\CCCCC)[C@H](CN(C)C)OC(=O)CCCCCCC/C=C\C/C=C\CCCCC. The van der Waals surface area contributed by atoms with Crippen LogP contribution >= 0.6 is 0 Å². The lowest BCUT2D eigenvalue weighted by atomic mass is 10.1. The molecule has 5 heteroatoms. The average molecular weight is 657 g/mol. The van der Waals surface area contributed by atoms with E-state index in [-0.39, 0.29) is 11.9 Å². The van der Waals surface area contributed by atoms with Crippen molar-refractivity contribution in [1.82, 2.24) is 4.90 Å². The third-order valence-corrected chi connectivity index (χ3v) is 8.19. The fourth-order valence-electron chi connectivity index (χ4n) is 5.28. The summed E-state index contributed by atoms with van der Waals surface area (Å²) >= 11 is 0. The summed E-state index contributed by atoms with van der Waals surface area (Å²) < 4.78 is 11.3. The van der Waals surface area contributed by atoms with Gasteiger partial charge in [-0.1, -0.05) is 127 Å². The first-order valence-electron chi connectivity index (χ1n) is 19.4. The molecule has 0 amide bonds. The number of hydrogen-bond acceptors (Lipinski definition) is 5. The molecule has 271 valence electrons. The fraction of sp³-hybridized carbons (Fsp3) is 0.738. The van der Waals surface area contributed by atoms with Crippen LogP contribution in [0.3, 0.4) is 0 Å². The molecule has 0 aliphatic heterocycles. The topological polar surface area (TPSA) is 55.8 Å². The van der Waals surface area contributed by atoms with Crippen LogP contribution in [0.5, 0.6) is 0 Å². The Balaban J connectivity index is 3.98. The monoisotopic (exact) mass is 657 g/mol. The van der Waals surface area contributed by atoms with Gasteiger partial charge in [0.1, 0.15) is 6.10 Å². The quantitative estimate of drug-likeness (QED) is 0.0400. The first-order valence-corrected chi connectivity index (χ1v) is 19.4. The van der Waals surface area contributed by atoms with E-state index in [2.05, 4.69) is 69.4 Å². The second-order valence-electron chi connectivity index (χ2n) is 13.3. The van der Waals surface area contributed by atoms with Gasteiger partial charge in [-0.2, -0.15) is 0 Å². The van der Waals surface area contributed by atoms with Crippen LogP contribution in [-0.4, -0.2) is 49.7 Å². The minimum atomic E-state index is -0.712. The van der Waals surface area contributed by atoms with Crippen molar-refractivity contribution < 1.29 is 19.1 Å². The molecule has 0 aliphatic carbocycles. The number of esters is 2. The Morgan fingerprint density at radius 2 is 0.894 bits per heavy atom. The van der Waals surface area contributed by atoms with E-state index in [1.54, 1.807) is 0 Å². The Kier molecular flexibility index (Phi) is 33.6. The van der Waals surface area contributed by atoms with Crippen LogP contribution in [0, 0.1) is 6.92 Å². The van der Waals surface area contributed by atoms with Gasteiger partial charge in [0, 0.05) is 19.4 Å². The predicted octanol–water partition coefficient (Wildman–Crippen LogP) is 11.8. The van der Waals surface area contributed by atoms with Gasteiger partial charge in [0.2, 0.25) is 0 Å². The summed E-state index contributed by atoms with van der Waals surface area (Å²) in [5.74, 6) is -0.495. The molecule has 0 rings (SSSR count). The number of rotatable bonds is 33. The summed E-state index contributed by atoms with van der Waals surface area (Å²) in [4.78, 5) is 26.9. The molecule has 0 heterocycles. The number of ether oxygens (including phenoxy) is 2. The highest BCUT2D eigenvalue weighted by atomic mass is 16.6. The molecule has 0 fully saturated rings. The van der Waals surface area contributed by atoms with Crippen LogP contribution in [0.15, 0.2) is 48.6 Å². The number of hydrogen-bond donors (Lipinski definition) is 0. The number of unbranched alkanes of at least 4 members (excludes halogenated alkanes) is 16. The molecule has 0 saturated heterocycles. The molecule has 47 heavy (non-hydrogen) atoms. The molecule has 0 aromatic rings. The lowest BCUT2D eigenvalue weighted by molar-refractivity contribution is -0.165. The second kappa shape index (κ2) is 35.2. The smallest absolute Gasteiger partial charge is 0.306 e. The average Bonchev–Trinajstić information content (AvgIpc) is 3.04. The minimum absolute atomic E-state index is 0.235. The lowest BCUT2D eigenvalue weighted by Crippen LogP contribution is -2.40. The summed E-state index contributed by atoms with van der Waals surface area (Å²) in [5, 5.41) is 0. The summed E-state index contributed by atoms with van der Waals surface area (Å²) in [6.45, 7) is 8.97. The molecule has 0 unspecified atom stereocenters. The first kappa shape index (κ1) is 44.9. The van der Waals surface area contributed by atoms with Gasteiger partial charge in [-0.3, -0.25) is 9.59 Å². The zero-order valence-electron chi connectivity index (χ0n) is 31.2. The van der Waals surface area contributed by atoms with Crippen molar-refractivity contribution in [2.45, 2.75) is 180 Å². The van der Waals surface area contributed by atoms with Crippen molar-refractivity contribution in [3.8, 4) is 0 Å². The minimum Gasteiger partial charge on any atom is -0.458 e. The standard InChI is InChI=1S/C42H74NO4/c1-6-8-10-12-14-16-18-20-22-24-26-28-30-32-34-36-41(44)46-39(3)40(38-43(4)5)47-42(45)37-35-33-31-29-27-25-23-21-19-17-15-13-11-9-7-2/h14-17,20-23,39-40H,3,6-13,18-19,24-38H2,1-2,4-5H3/b16-14-,17-15-,22-20-,23-21-/t39-,40-/m0/s1. The van der Waals surface area contributed by atoms with Gasteiger partial charge < -0.3 is 14.4 Å². The molecule has 0 aromatic heterocycles. The van der Waals surface area contributed by atoms with E-state index < -0.39 is 12.2 Å². The zero-order valence-corrected chi connectivity index (χ0v) is 31.2. The predicted molar refractivity (Wildman–Crippen MR) is 202 cm³/mol. The van der Waals surface area contributed by atoms with Crippen molar-refractivity contribution in [1.29, 1.82) is 0 Å². The lowest BCUT2D eigenvalue weighted by Gasteiger charge is -2.26. The number of nitrogens with zero attached hydrogens (tertiary/aromatic N) is 1. The highest BCUT2D eigenvalue weighted by molar-refractivity contribution is 5.70. The normalized spacial score (nSPS) is 13.5. The molecule has 0 N–H and O–H groups in total. The van der Waals surface area contributed by atoms with E-state index in [0.29, 0.717) is 19.4 Å². The van der Waals surface area contributed by atoms with Crippen LogP contribution in [0.1, 0.15) is 168 Å². The molecular formula is C42H74NO4. The van der Waals surface area contributed by atoms with E-state index in [9.17, 15) is 9.59 Å². The molecular weight excluding hydrogens is 582 g/mol. The molecule has 5 nitrogen and oxygen atoms in total. The van der Waals surface area contributed by atoms with E-state index in [4.69, 9.17) is 9.47 Å². The third kappa shape index (κ3) is 33.6. The number of carbonyl (C=O) groups is 2. The third-order valence-electron chi connectivity index (χ3n) is 8.19. The van der Waals surface area contributed by atoms with Gasteiger partial charge >= 0.3 is 11.9 Å². The van der Waals surface area contributed by atoms with Gasteiger partial charge in [0.25, 0.3) is 0 Å². The van der Waals surface area contributed by atoms with Crippen molar-refractivity contribution >= 4 is 11.9 Å². The van der Waals surface area contributed by atoms with E-state index >= 15 is 0 Å². The summed E-state index contributed by atoms with van der Waals surface area (Å²) in [6, 6.07) is 0. The number of carbonyl (C=O) groups excluding carboxylic acids is 2. The van der Waals surface area contributed by atoms with Crippen LogP contribution in [0.4, 0.5) is 0 Å². The Hall–Kier alpha value is -2.14. The summed E-state index contributed by atoms with van der Waals surface area (Å²) in [6.07, 6.45) is 42.9. The summed E-state index contributed by atoms with van der Waals surface area (Å²) in [7, 11) is 3.83. The van der Waals surface area contributed by atoms with Crippen molar-refractivity contribution in [2.24, 2.45) is 0 Å². The Bertz CT molecular complexity index is 828. The van der Waals surface area contributed by atoms with Crippen molar-refractivity contribution in [3.63, 3.8) is 0 Å². The Morgan fingerprint density at radius 3 is 1.30 bits per heavy atom. The molecule has 0 aromatic carbocycles. The van der Waals surface area contributed by atoms with Crippen molar-refractivity contribution in [2.75, 3.05) is 20.6 Å².